The van der Waals surface area contributed by atoms with Crippen LogP contribution in [0.25, 0.3) is 11.2 Å². The summed E-state index contributed by atoms with van der Waals surface area (Å²) in [5.74, 6) is -3.96. The highest BCUT2D eigenvalue weighted by atomic mass is 35.5. The maximum absolute atomic E-state index is 15.2. The molecule has 3 rings (SSSR count). The second-order valence-corrected chi connectivity index (χ2v) is 8.54. The molecule has 0 aliphatic rings. The Balaban J connectivity index is 1.73. The third-order valence-corrected chi connectivity index (χ3v) is 5.67. The van der Waals surface area contributed by atoms with Crippen LogP contribution in [0.1, 0.15) is 18.3 Å². The number of nitrogens with two attached hydrogens (primary N) is 1. The Bertz CT molecular complexity index is 1310. The van der Waals surface area contributed by atoms with E-state index in [1.165, 1.54) is 19.2 Å². The van der Waals surface area contributed by atoms with Crippen LogP contribution in [-0.4, -0.2) is 79.9 Å². The first-order valence-electron chi connectivity index (χ1n) is 11.0. The first-order valence-corrected chi connectivity index (χ1v) is 11.3. The van der Waals surface area contributed by atoms with Crippen LogP contribution in [0.3, 0.4) is 0 Å². The number of carboxylic acids is 2. The summed E-state index contributed by atoms with van der Waals surface area (Å²) in [6.07, 6.45) is -7.60. The molecule has 1 aromatic carbocycles. The number of rotatable bonds is 13. The molecule has 0 aliphatic heterocycles. The number of nitrogens with zero attached hydrogens (tertiary/aromatic N) is 4. The zero-order valence-corrected chi connectivity index (χ0v) is 20.8. The van der Waals surface area contributed by atoms with Gasteiger partial charge in [0.15, 0.2) is 24.4 Å². The van der Waals surface area contributed by atoms with E-state index in [-0.39, 0.29) is 33.6 Å². The minimum Gasteiger partial charge on any atom is -0.484 e. The van der Waals surface area contributed by atoms with Gasteiger partial charge in [-0.15, -0.1) is 0 Å². The average molecular weight is 580 g/mol. The summed E-state index contributed by atoms with van der Waals surface area (Å²) in [7, 11) is 1.19. The molecule has 12 nitrogen and oxygen atoms in total. The normalized spacial score (nSPS) is 13.8. The lowest BCUT2D eigenvalue weighted by Crippen LogP contribution is -2.52. The minimum atomic E-state index is -4.57. The molecule has 0 spiro atoms. The molecule has 0 bridgehead atoms. The maximum atomic E-state index is 15.2. The van der Waals surface area contributed by atoms with Gasteiger partial charge in [0.25, 0.3) is 5.60 Å². The quantitative estimate of drug-likeness (QED) is 0.154. The molecule has 39 heavy (non-hydrogen) atoms. The number of nitrogen functional groups attached to an aromatic ring is 1. The van der Waals surface area contributed by atoms with E-state index in [2.05, 4.69) is 19.7 Å². The largest absolute Gasteiger partial charge is 0.484 e. The van der Waals surface area contributed by atoms with Gasteiger partial charge < -0.3 is 30.2 Å². The molecular formula is C22H22ClF4N5O7. The number of aromatic nitrogens is 4. The van der Waals surface area contributed by atoms with Gasteiger partial charge in [-0.3, -0.25) is 4.57 Å². The number of alkyl halides is 4. The third-order valence-electron chi connectivity index (χ3n) is 5.50. The number of carboxylic acid groups (broad SMARTS) is 2. The molecule has 4 N–H and O–H groups in total. The van der Waals surface area contributed by atoms with E-state index in [9.17, 15) is 33.0 Å². The van der Waals surface area contributed by atoms with Gasteiger partial charge in [0.1, 0.15) is 11.3 Å². The van der Waals surface area contributed by atoms with Crippen molar-refractivity contribution in [2.75, 3.05) is 26.1 Å². The summed E-state index contributed by atoms with van der Waals surface area (Å²) in [6.45, 7) is -2.20. The highest BCUT2D eigenvalue weighted by Gasteiger charge is 2.49. The number of halogens is 5. The fourth-order valence-electron chi connectivity index (χ4n) is 3.49. The third kappa shape index (κ3) is 7.21. The summed E-state index contributed by atoms with van der Waals surface area (Å²) in [6, 6.07) is 4.65. The molecule has 0 aliphatic carbocycles. The number of carbonyl (C=O) groups is 2. The van der Waals surface area contributed by atoms with E-state index >= 15 is 4.39 Å². The Hall–Kier alpha value is -3.76. The van der Waals surface area contributed by atoms with Gasteiger partial charge in [-0.2, -0.15) is 23.1 Å². The van der Waals surface area contributed by atoms with E-state index in [0.29, 0.717) is 0 Å². The van der Waals surface area contributed by atoms with Crippen LogP contribution >= 0.6 is 11.6 Å². The number of methoxy groups -OCH3 is 1. The summed E-state index contributed by atoms with van der Waals surface area (Å²) < 4.78 is 68.3. The Morgan fingerprint density at radius 3 is 2.36 bits per heavy atom. The standard InChI is InChI=1S/C22H22ClF4N5O7/c1-37-13(6-14(24)32-10-29-15-16(28)30-20(23)31-17(15)32)8-39-21(18(33)34,19(35)36)7-11-2-4-12(5-3-11)38-9-22(25,26)27/h2-5,10,13-14H,6-9H2,1H3,(H,33,34)(H,35,36)(H2,28,30,31). The van der Waals surface area contributed by atoms with Crippen molar-refractivity contribution in [3.63, 3.8) is 0 Å². The maximum Gasteiger partial charge on any atom is 0.422 e. The predicted octanol–water partition coefficient (Wildman–Crippen LogP) is 3.04. The second kappa shape index (κ2) is 12.0. The zero-order valence-electron chi connectivity index (χ0n) is 20.1. The number of hydrogen-bond donors (Lipinski definition) is 3. The lowest BCUT2D eigenvalue weighted by molar-refractivity contribution is -0.188. The SMILES string of the molecule is COC(COC(Cc1ccc(OCC(F)(F)F)cc1)(C(=O)O)C(=O)O)CC(F)n1cnc2c(N)nc(Cl)nc21. The fraction of sp³-hybridized carbons (Fsp3) is 0.409. The average Bonchev–Trinajstić information content (AvgIpc) is 3.28. The second-order valence-electron chi connectivity index (χ2n) is 8.20. The molecule has 2 aromatic heterocycles. The fourth-order valence-corrected chi connectivity index (χ4v) is 3.66. The van der Waals surface area contributed by atoms with Crippen LogP contribution in [0.4, 0.5) is 23.4 Å². The number of anilines is 1. The van der Waals surface area contributed by atoms with Crippen LogP contribution < -0.4 is 10.5 Å². The highest BCUT2D eigenvalue weighted by molar-refractivity contribution is 6.28. The smallest absolute Gasteiger partial charge is 0.422 e. The number of aliphatic carboxylic acids is 2. The van der Waals surface area contributed by atoms with Crippen molar-refractivity contribution in [3.05, 3.63) is 41.4 Å². The molecule has 2 unspecified atom stereocenters. The topological polar surface area (TPSA) is 172 Å². The van der Waals surface area contributed by atoms with Crippen molar-refractivity contribution in [3.8, 4) is 5.75 Å². The van der Waals surface area contributed by atoms with E-state index in [1.54, 1.807) is 0 Å². The molecule has 0 saturated carbocycles. The number of benzene rings is 1. The molecule has 0 fully saturated rings. The predicted molar refractivity (Wildman–Crippen MR) is 126 cm³/mol. The van der Waals surface area contributed by atoms with Gasteiger partial charge in [-0.1, -0.05) is 12.1 Å². The highest BCUT2D eigenvalue weighted by Crippen LogP contribution is 2.27. The molecule has 0 radical (unpaired) electrons. The van der Waals surface area contributed by atoms with Gasteiger partial charge >= 0.3 is 18.1 Å². The molecule has 0 amide bonds. The number of ether oxygens (including phenoxy) is 3. The Labute approximate surface area is 222 Å². The summed E-state index contributed by atoms with van der Waals surface area (Å²) >= 11 is 5.78. The van der Waals surface area contributed by atoms with Gasteiger partial charge in [0.2, 0.25) is 5.28 Å². The Morgan fingerprint density at radius 1 is 1.15 bits per heavy atom. The molecule has 3 aromatic rings. The van der Waals surface area contributed by atoms with Crippen molar-refractivity contribution in [1.82, 2.24) is 19.5 Å². The Kier molecular flexibility index (Phi) is 9.14. The lowest BCUT2D eigenvalue weighted by atomic mass is 9.94. The van der Waals surface area contributed by atoms with Crippen molar-refractivity contribution in [2.24, 2.45) is 0 Å². The Morgan fingerprint density at radius 2 is 1.79 bits per heavy atom. The minimum absolute atomic E-state index is 0.0103. The number of imidazole rings is 1. The lowest BCUT2D eigenvalue weighted by Gasteiger charge is -2.28. The first-order chi connectivity index (χ1) is 18.3. The molecule has 2 heterocycles. The monoisotopic (exact) mass is 579 g/mol. The van der Waals surface area contributed by atoms with E-state index in [4.69, 9.17) is 26.8 Å². The van der Waals surface area contributed by atoms with Gasteiger partial charge in [-0.05, 0) is 29.3 Å². The molecule has 212 valence electrons. The van der Waals surface area contributed by atoms with E-state index < -0.39 is 62.2 Å². The van der Waals surface area contributed by atoms with E-state index in [0.717, 1.165) is 23.0 Å². The summed E-state index contributed by atoms with van der Waals surface area (Å²) in [5.41, 5.74) is 3.08. The van der Waals surface area contributed by atoms with Gasteiger partial charge in [-0.25, -0.2) is 19.0 Å². The van der Waals surface area contributed by atoms with Crippen molar-refractivity contribution in [2.45, 2.75) is 37.0 Å². The zero-order chi connectivity index (χ0) is 29.0. The number of fused-ring (bicyclic) bond motifs is 1. The van der Waals surface area contributed by atoms with Crippen molar-refractivity contribution in [1.29, 1.82) is 0 Å². The van der Waals surface area contributed by atoms with Crippen LogP contribution in [0, 0.1) is 0 Å². The van der Waals surface area contributed by atoms with Crippen LogP contribution in [0.5, 0.6) is 5.75 Å². The van der Waals surface area contributed by atoms with Gasteiger partial charge in [0.05, 0.1) is 19.0 Å². The van der Waals surface area contributed by atoms with Crippen molar-refractivity contribution < 1.29 is 51.6 Å². The van der Waals surface area contributed by atoms with Crippen LogP contribution in [-0.2, 0) is 25.5 Å². The first kappa shape index (κ1) is 29.8. The molecular weight excluding hydrogens is 558 g/mol. The van der Waals surface area contributed by atoms with Crippen LogP contribution in [0.15, 0.2) is 30.6 Å². The summed E-state index contributed by atoms with van der Waals surface area (Å²) in [5, 5.41) is 19.3. The van der Waals surface area contributed by atoms with Crippen LogP contribution in [0.2, 0.25) is 5.28 Å². The molecule has 2 atom stereocenters. The van der Waals surface area contributed by atoms with Gasteiger partial charge in [0, 0.05) is 20.0 Å². The summed E-state index contributed by atoms with van der Waals surface area (Å²) in [4.78, 5) is 35.7. The molecule has 17 heteroatoms. The number of hydrogen-bond acceptors (Lipinski definition) is 9. The molecule has 0 saturated heterocycles. The van der Waals surface area contributed by atoms with E-state index in [1.807, 2.05) is 0 Å². The van der Waals surface area contributed by atoms with Crippen molar-refractivity contribution >= 4 is 40.5 Å².